The highest BCUT2D eigenvalue weighted by Gasteiger charge is 2.14. The van der Waals surface area contributed by atoms with Gasteiger partial charge in [0.2, 0.25) is 0 Å². The molecule has 1 heterocycles. The van der Waals surface area contributed by atoms with Crippen LogP contribution in [0.3, 0.4) is 0 Å². The van der Waals surface area contributed by atoms with Crippen molar-refractivity contribution < 1.29 is 14.7 Å². The van der Waals surface area contributed by atoms with Crippen LogP contribution in [0.25, 0.3) is 22.3 Å². The molecule has 0 fully saturated rings. The normalized spacial score (nSPS) is 11.2. The predicted molar refractivity (Wildman–Crippen MR) is 162 cm³/mol. The third kappa shape index (κ3) is 7.40. The minimum absolute atomic E-state index is 0.0379. The molecule has 206 valence electrons. The van der Waals surface area contributed by atoms with E-state index in [9.17, 15) is 9.59 Å². The topological polar surface area (TPSA) is 91.3 Å². The zero-order valence-electron chi connectivity index (χ0n) is 22.6. The van der Waals surface area contributed by atoms with Gasteiger partial charge < -0.3 is 15.7 Å². The third-order valence-corrected chi connectivity index (χ3v) is 7.07. The molecule has 8 heteroatoms. The number of carboxylic acids is 1. The van der Waals surface area contributed by atoms with E-state index in [1.165, 1.54) is 5.56 Å². The summed E-state index contributed by atoms with van der Waals surface area (Å²) in [6.45, 7) is 7.13. The summed E-state index contributed by atoms with van der Waals surface area (Å²) >= 11 is 13.0. The summed E-state index contributed by atoms with van der Waals surface area (Å²) in [6, 6.07) is 23.5. The molecule has 0 bridgehead atoms. The Bertz CT molecular complexity index is 1510. The van der Waals surface area contributed by atoms with E-state index in [1.54, 1.807) is 18.3 Å². The van der Waals surface area contributed by atoms with Crippen LogP contribution >= 0.6 is 23.2 Å². The standard InChI is InChI=1S/C32H31Cl2N3O3/c1-32(2,3)23-8-4-20(5-9-23)26-12-11-25(17-28(26)34)36-18-21-6-10-24(33)16-27(21)22-7-13-29(37-19-22)31(40)35-15-14-30(38)39/h4-13,16-17,19,36H,14-15,18H2,1-3H3,(H,35,40)(H,38,39). The lowest BCUT2D eigenvalue weighted by molar-refractivity contribution is -0.136. The van der Waals surface area contributed by atoms with Crippen molar-refractivity contribution in [3.63, 3.8) is 0 Å². The first-order valence-corrected chi connectivity index (χ1v) is 13.7. The Labute approximate surface area is 244 Å². The second-order valence-corrected chi connectivity index (χ2v) is 11.4. The number of carbonyl (C=O) groups excluding carboxylic acids is 1. The lowest BCUT2D eigenvalue weighted by Crippen LogP contribution is -2.26. The van der Waals surface area contributed by atoms with Gasteiger partial charge in [-0.25, -0.2) is 0 Å². The number of aromatic nitrogens is 1. The quantitative estimate of drug-likeness (QED) is 0.189. The molecule has 0 aliphatic heterocycles. The Hall–Kier alpha value is -3.87. The van der Waals surface area contributed by atoms with E-state index >= 15 is 0 Å². The van der Waals surface area contributed by atoms with Crippen LogP contribution in [0, 0.1) is 0 Å². The van der Waals surface area contributed by atoms with Crippen LogP contribution in [-0.2, 0) is 16.8 Å². The van der Waals surface area contributed by atoms with E-state index in [-0.39, 0.29) is 24.1 Å². The van der Waals surface area contributed by atoms with Crippen molar-refractivity contribution in [1.29, 1.82) is 0 Å². The first kappa shape index (κ1) is 29.1. The van der Waals surface area contributed by atoms with Gasteiger partial charge in [-0.2, -0.15) is 0 Å². The van der Waals surface area contributed by atoms with E-state index in [0.717, 1.165) is 33.5 Å². The van der Waals surface area contributed by atoms with Crippen molar-refractivity contribution >= 4 is 40.8 Å². The fourth-order valence-electron chi connectivity index (χ4n) is 4.24. The fourth-order valence-corrected chi connectivity index (χ4v) is 4.70. The van der Waals surface area contributed by atoms with E-state index in [1.807, 2.05) is 36.4 Å². The molecule has 4 aromatic rings. The van der Waals surface area contributed by atoms with Crippen LogP contribution in [0.15, 0.2) is 79.0 Å². The van der Waals surface area contributed by atoms with Gasteiger partial charge in [-0.15, -0.1) is 0 Å². The number of hydrogen-bond donors (Lipinski definition) is 3. The molecule has 0 aliphatic carbocycles. The van der Waals surface area contributed by atoms with Gasteiger partial charge in [0, 0.05) is 41.1 Å². The molecule has 6 nitrogen and oxygen atoms in total. The van der Waals surface area contributed by atoms with Crippen molar-refractivity contribution in [2.24, 2.45) is 0 Å². The van der Waals surface area contributed by atoms with E-state index in [2.05, 4.69) is 60.7 Å². The molecule has 0 atom stereocenters. The van der Waals surface area contributed by atoms with Gasteiger partial charge in [-0.3, -0.25) is 14.6 Å². The van der Waals surface area contributed by atoms with Crippen LogP contribution in [0.5, 0.6) is 0 Å². The Morgan fingerprint density at radius 2 is 1.60 bits per heavy atom. The molecular weight excluding hydrogens is 545 g/mol. The number of aliphatic carboxylic acids is 1. The third-order valence-electron chi connectivity index (χ3n) is 6.52. The van der Waals surface area contributed by atoms with Gasteiger partial charge in [0.1, 0.15) is 5.69 Å². The first-order valence-electron chi connectivity index (χ1n) is 12.9. The largest absolute Gasteiger partial charge is 0.481 e. The summed E-state index contributed by atoms with van der Waals surface area (Å²) in [5.41, 5.74) is 7.16. The molecule has 4 rings (SSSR count). The number of rotatable bonds is 9. The van der Waals surface area contributed by atoms with Crippen molar-refractivity contribution in [2.45, 2.75) is 39.2 Å². The fraction of sp³-hybridized carbons (Fsp3) is 0.219. The maximum absolute atomic E-state index is 12.2. The van der Waals surface area contributed by atoms with Gasteiger partial charge in [-0.1, -0.05) is 86.4 Å². The Kier molecular flexibility index (Phi) is 9.13. The minimum Gasteiger partial charge on any atom is -0.481 e. The SMILES string of the molecule is CC(C)(C)c1ccc(-c2ccc(NCc3ccc(Cl)cc3-c3ccc(C(=O)NCCC(=O)O)nc3)cc2Cl)cc1. The number of nitrogens with one attached hydrogen (secondary N) is 2. The summed E-state index contributed by atoms with van der Waals surface area (Å²) in [6.07, 6.45) is 1.46. The molecule has 0 saturated heterocycles. The zero-order chi connectivity index (χ0) is 28.9. The van der Waals surface area contributed by atoms with Gasteiger partial charge in [0.15, 0.2) is 0 Å². The lowest BCUT2D eigenvalue weighted by atomic mass is 9.86. The number of benzene rings is 3. The van der Waals surface area contributed by atoms with Crippen LogP contribution in [0.1, 0.15) is 48.8 Å². The average molecular weight is 577 g/mol. The molecule has 0 aliphatic rings. The second kappa shape index (κ2) is 12.5. The van der Waals surface area contributed by atoms with Gasteiger partial charge in [-0.05, 0) is 58.0 Å². The molecule has 3 aromatic carbocycles. The highest BCUT2D eigenvalue weighted by Crippen LogP contribution is 2.33. The lowest BCUT2D eigenvalue weighted by Gasteiger charge is -2.19. The average Bonchev–Trinajstić information content (AvgIpc) is 2.92. The maximum atomic E-state index is 12.2. The van der Waals surface area contributed by atoms with Crippen molar-refractivity contribution in [2.75, 3.05) is 11.9 Å². The first-order chi connectivity index (χ1) is 19.0. The predicted octanol–water partition coefficient (Wildman–Crippen LogP) is 7.84. The molecule has 1 amide bonds. The summed E-state index contributed by atoms with van der Waals surface area (Å²) in [5.74, 6) is -1.40. The number of nitrogens with zero attached hydrogens (tertiary/aromatic N) is 1. The van der Waals surface area contributed by atoms with Crippen molar-refractivity contribution in [3.8, 4) is 22.3 Å². The monoisotopic (exact) mass is 575 g/mol. The van der Waals surface area contributed by atoms with Crippen molar-refractivity contribution in [1.82, 2.24) is 10.3 Å². The summed E-state index contributed by atoms with van der Waals surface area (Å²) in [7, 11) is 0. The van der Waals surface area contributed by atoms with Gasteiger partial charge in [0.25, 0.3) is 5.91 Å². The molecular formula is C32H31Cl2N3O3. The van der Waals surface area contributed by atoms with Crippen molar-refractivity contribution in [3.05, 3.63) is 106 Å². The number of carboxylic acid groups (broad SMARTS) is 1. The number of hydrogen-bond acceptors (Lipinski definition) is 4. The van der Waals surface area contributed by atoms with Crippen LogP contribution in [0.2, 0.25) is 10.0 Å². The number of halogens is 2. The summed E-state index contributed by atoms with van der Waals surface area (Å²) < 4.78 is 0. The van der Waals surface area contributed by atoms with Crippen LogP contribution in [-0.4, -0.2) is 28.5 Å². The molecule has 0 saturated carbocycles. The highest BCUT2D eigenvalue weighted by molar-refractivity contribution is 6.33. The molecule has 1 aromatic heterocycles. The number of carbonyl (C=O) groups is 2. The summed E-state index contributed by atoms with van der Waals surface area (Å²) in [4.78, 5) is 27.2. The molecule has 0 spiro atoms. The van der Waals surface area contributed by atoms with Gasteiger partial charge in [0.05, 0.1) is 11.4 Å². The Morgan fingerprint density at radius 3 is 2.23 bits per heavy atom. The molecule has 3 N–H and O–H groups in total. The smallest absolute Gasteiger partial charge is 0.305 e. The Balaban J connectivity index is 1.47. The van der Waals surface area contributed by atoms with E-state index in [0.29, 0.717) is 16.6 Å². The second-order valence-electron chi connectivity index (χ2n) is 10.5. The summed E-state index contributed by atoms with van der Waals surface area (Å²) in [5, 5.41) is 16.0. The number of pyridine rings is 1. The zero-order valence-corrected chi connectivity index (χ0v) is 24.1. The molecule has 40 heavy (non-hydrogen) atoms. The van der Waals surface area contributed by atoms with E-state index < -0.39 is 11.9 Å². The minimum atomic E-state index is -0.977. The van der Waals surface area contributed by atoms with Crippen LogP contribution in [0.4, 0.5) is 5.69 Å². The van der Waals surface area contributed by atoms with Gasteiger partial charge >= 0.3 is 5.97 Å². The van der Waals surface area contributed by atoms with E-state index in [4.69, 9.17) is 28.3 Å². The number of anilines is 1. The number of amides is 1. The highest BCUT2D eigenvalue weighted by atomic mass is 35.5. The maximum Gasteiger partial charge on any atom is 0.305 e. The Morgan fingerprint density at radius 1 is 0.875 bits per heavy atom. The molecule has 0 radical (unpaired) electrons. The molecule has 0 unspecified atom stereocenters. The van der Waals surface area contributed by atoms with Crippen LogP contribution < -0.4 is 10.6 Å².